The van der Waals surface area contributed by atoms with E-state index in [1.54, 1.807) is 0 Å². The normalized spacial score (nSPS) is 20.2. The average Bonchev–Trinajstić information content (AvgIpc) is 2.31. The first kappa shape index (κ1) is 14.3. The number of rotatable bonds is 7. The van der Waals surface area contributed by atoms with E-state index in [9.17, 15) is 0 Å². The lowest BCUT2D eigenvalue weighted by Gasteiger charge is -2.40. The molecular weight excluding hydrogens is 218 g/mol. The first-order valence-electron chi connectivity index (χ1n) is 6.67. The summed E-state index contributed by atoms with van der Waals surface area (Å²) in [6.45, 7) is 10.0. The molecule has 0 aromatic carbocycles. The van der Waals surface area contributed by atoms with E-state index in [-0.39, 0.29) is 0 Å². The topological polar surface area (TPSA) is 12.5 Å². The van der Waals surface area contributed by atoms with Crippen molar-refractivity contribution in [2.75, 3.05) is 38.6 Å². The molecule has 0 atom stereocenters. The number of ether oxygens (including phenoxy) is 1. The summed E-state index contributed by atoms with van der Waals surface area (Å²) in [6.07, 6.45) is 4.86. The third-order valence-electron chi connectivity index (χ3n) is 3.53. The Morgan fingerprint density at radius 1 is 1.12 bits per heavy atom. The Kier molecular flexibility index (Phi) is 6.78. The van der Waals surface area contributed by atoms with Crippen molar-refractivity contribution in [3.05, 3.63) is 0 Å². The second-order valence-electron chi connectivity index (χ2n) is 5.05. The zero-order chi connectivity index (χ0) is 11.9. The fourth-order valence-corrected chi connectivity index (χ4v) is 2.96. The second kappa shape index (κ2) is 7.57. The van der Waals surface area contributed by atoms with Crippen LogP contribution in [0.25, 0.3) is 0 Å². The lowest BCUT2D eigenvalue weighted by atomic mass is 9.81. The largest absolute Gasteiger partial charge is 0.381 e. The standard InChI is InChI=1S/C13H27NOS/c1-3-7-14(8-4-2)11-13(12-16)5-9-15-10-6-13/h16H,3-12H2,1-2H3. The van der Waals surface area contributed by atoms with Crippen LogP contribution >= 0.6 is 12.6 Å². The van der Waals surface area contributed by atoms with Crippen LogP contribution in [0, 0.1) is 5.41 Å². The van der Waals surface area contributed by atoms with E-state index in [1.165, 1.54) is 45.3 Å². The first-order chi connectivity index (χ1) is 7.76. The van der Waals surface area contributed by atoms with E-state index < -0.39 is 0 Å². The van der Waals surface area contributed by atoms with Crippen molar-refractivity contribution in [1.82, 2.24) is 4.90 Å². The lowest BCUT2D eigenvalue weighted by Crippen LogP contribution is -2.43. The molecule has 1 saturated heterocycles. The predicted octanol–water partition coefficient (Wildman–Crippen LogP) is 2.84. The molecule has 3 heteroatoms. The second-order valence-corrected chi connectivity index (χ2v) is 5.36. The van der Waals surface area contributed by atoms with E-state index >= 15 is 0 Å². The number of hydrogen-bond acceptors (Lipinski definition) is 3. The zero-order valence-corrected chi connectivity index (χ0v) is 11.8. The van der Waals surface area contributed by atoms with Gasteiger partial charge in [0, 0.05) is 19.8 Å². The van der Waals surface area contributed by atoms with Gasteiger partial charge >= 0.3 is 0 Å². The molecule has 0 aromatic heterocycles. The number of hydrogen-bond donors (Lipinski definition) is 1. The summed E-state index contributed by atoms with van der Waals surface area (Å²) in [5.74, 6) is 1.00. The van der Waals surface area contributed by atoms with Crippen LogP contribution < -0.4 is 0 Å². The molecule has 96 valence electrons. The Bertz CT molecular complexity index is 175. The van der Waals surface area contributed by atoms with Crippen molar-refractivity contribution in [2.45, 2.75) is 39.5 Å². The Balaban J connectivity index is 2.50. The minimum atomic E-state index is 0.408. The van der Waals surface area contributed by atoms with Crippen LogP contribution in [0.3, 0.4) is 0 Å². The van der Waals surface area contributed by atoms with Crippen LogP contribution in [0.15, 0.2) is 0 Å². The molecule has 0 unspecified atom stereocenters. The highest BCUT2D eigenvalue weighted by atomic mass is 32.1. The quantitative estimate of drug-likeness (QED) is 0.693. The van der Waals surface area contributed by atoms with Gasteiger partial charge in [-0.15, -0.1) is 0 Å². The van der Waals surface area contributed by atoms with E-state index in [2.05, 4.69) is 31.4 Å². The molecule has 0 aromatic rings. The van der Waals surface area contributed by atoms with Crippen LogP contribution in [0.4, 0.5) is 0 Å². The van der Waals surface area contributed by atoms with E-state index in [0.29, 0.717) is 5.41 Å². The molecule has 0 saturated carbocycles. The Morgan fingerprint density at radius 2 is 1.69 bits per heavy atom. The molecule has 1 fully saturated rings. The highest BCUT2D eigenvalue weighted by Gasteiger charge is 2.32. The molecule has 16 heavy (non-hydrogen) atoms. The van der Waals surface area contributed by atoms with Crippen molar-refractivity contribution in [1.29, 1.82) is 0 Å². The molecule has 1 aliphatic rings. The molecule has 1 heterocycles. The SMILES string of the molecule is CCCN(CCC)CC1(CS)CCOCC1. The third-order valence-corrected chi connectivity index (χ3v) is 4.20. The number of thiol groups is 1. The van der Waals surface area contributed by atoms with Gasteiger partial charge in [0.2, 0.25) is 0 Å². The Labute approximate surface area is 106 Å². The molecule has 0 radical (unpaired) electrons. The number of nitrogens with zero attached hydrogens (tertiary/aromatic N) is 1. The van der Waals surface area contributed by atoms with E-state index in [4.69, 9.17) is 4.74 Å². The summed E-state index contributed by atoms with van der Waals surface area (Å²) in [5, 5.41) is 0. The maximum atomic E-state index is 5.48. The summed E-state index contributed by atoms with van der Waals surface area (Å²) in [5.41, 5.74) is 0.408. The molecule has 0 spiro atoms. The molecule has 1 aliphatic heterocycles. The molecule has 2 nitrogen and oxygen atoms in total. The van der Waals surface area contributed by atoms with Crippen molar-refractivity contribution in [3.8, 4) is 0 Å². The minimum Gasteiger partial charge on any atom is -0.381 e. The summed E-state index contributed by atoms with van der Waals surface area (Å²) < 4.78 is 5.48. The van der Waals surface area contributed by atoms with Gasteiger partial charge in [-0.1, -0.05) is 13.8 Å². The fraction of sp³-hybridized carbons (Fsp3) is 1.00. The van der Waals surface area contributed by atoms with Gasteiger partial charge in [0.1, 0.15) is 0 Å². The molecule has 0 aliphatic carbocycles. The van der Waals surface area contributed by atoms with Gasteiger partial charge in [-0.05, 0) is 49.9 Å². The summed E-state index contributed by atoms with van der Waals surface area (Å²) in [7, 11) is 0. The lowest BCUT2D eigenvalue weighted by molar-refractivity contribution is 0.00772. The van der Waals surface area contributed by atoms with Gasteiger partial charge in [-0.25, -0.2) is 0 Å². The third kappa shape index (κ3) is 4.27. The Hall–Kier alpha value is 0.270. The van der Waals surface area contributed by atoms with Crippen molar-refractivity contribution in [3.63, 3.8) is 0 Å². The fourth-order valence-electron chi connectivity index (χ4n) is 2.55. The molecule has 0 bridgehead atoms. The van der Waals surface area contributed by atoms with Crippen LogP contribution in [-0.4, -0.2) is 43.5 Å². The highest BCUT2D eigenvalue weighted by Crippen LogP contribution is 2.32. The molecular formula is C13H27NOS. The van der Waals surface area contributed by atoms with Crippen LogP contribution in [0.1, 0.15) is 39.5 Å². The van der Waals surface area contributed by atoms with Gasteiger partial charge < -0.3 is 9.64 Å². The van der Waals surface area contributed by atoms with Gasteiger partial charge in [0.05, 0.1) is 0 Å². The average molecular weight is 245 g/mol. The minimum absolute atomic E-state index is 0.408. The van der Waals surface area contributed by atoms with Crippen LogP contribution in [-0.2, 0) is 4.74 Å². The monoisotopic (exact) mass is 245 g/mol. The summed E-state index contributed by atoms with van der Waals surface area (Å²) in [4.78, 5) is 2.61. The maximum Gasteiger partial charge on any atom is 0.0472 e. The molecule has 1 rings (SSSR count). The summed E-state index contributed by atoms with van der Waals surface area (Å²) >= 11 is 4.58. The molecule has 0 amide bonds. The molecule has 0 N–H and O–H groups in total. The Morgan fingerprint density at radius 3 is 2.12 bits per heavy atom. The van der Waals surface area contributed by atoms with E-state index in [1.807, 2.05) is 0 Å². The maximum absolute atomic E-state index is 5.48. The predicted molar refractivity (Wildman–Crippen MR) is 73.4 cm³/mol. The van der Waals surface area contributed by atoms with Crippen LogP contribution in [0.5, 0.6) is 0 Å². The van der Waals surface area contributed by atoms with Gasteiger partial charge in [-0.3, -0.25) is 0 Å². The van der Waals surface area contributed by atoms with Gasteiger partial charge in [0.25, 0.3) is 0 Å². The van der Waals surface area contributed by atoms with Crippen molar-refractivity contribution in [2.24, 2.45) is 5.41 Å². The van der Waals surface area contributed by atoms with Gasteiger partial charge in [-0.2, -0.15) is 12.6 Å². The first-order valence-corrected chi connectivity index (χ1v) is 7.30. The van der Waals surface area contributed by atoms with Crippen molar-refractivity contribution < 1.29 is 4.74 Å². The van der Waals surface area contributed by atoms with Crippen molar-refractivity contribution >= 4 is 12.6 Å². The highest BCUT2D eigenvalue weighted by molar-refractivity contribution is 7.80. The smallest absolute Gasteiger partial charge is 0.0472 e. The van der Waals surface area contributed by atoms with Gasteiger partial charge in [0.15, 0.2) is 0 Å². The summed E-state index contributed by atoms with van der Waals surface area (Å²) in [6, 6.07) is 0. The zero-order valence-electron chi connectivity index (χ0n) is 10.9. The van der Waals surface area contributed by atoms with E-state index in [0.717, 1.165) is 19.0 Å². The van der Waals surface area contributed by atoms with Crippen LogP contribution in [0.2, 0.25) is 0 Å².